The summed E-state index contributed by atoms with van der Waals surface area (Å²) >= 11 is 0. The summed E-state index contributed by atoms with van der Waals surface area (Å²) in [6.45, 7) is 0. The van der Waals surface area contributed by atoms with Crippen LogP contribution in [-0.4, -0.2) is 39.9 Å². The number of aliphatic hydroxyl groups excluding tert-OH is 1. The van der Waals surface area contributed by atoms with Gasteiger partial charge in [-0.2, -0.15) is 0 Å². The number of terminal acetylenes is 1. The molecular formula is C15H17NO3. The lowest BCUT2D eigenvalue weighted by molar-refractivity contribution is -0.178. The molecule has 2 saturated heterocycles. The van der Waals surface area contributed by atoms with Crippen LogP contribution in [0.15, 0.2) is 0 Å². The largest absolute Gasteiger partial charge is 0.390 e. The molecule has 0 aromatic carbocycles. The number of rotatable bonds is 2. The summed E-state index contributed by atoms with van der Waals surface area (Å²) in [4.78, 5) is 14.8. The van der Waals surface area contributed by atoms with E-state index in [1.807, 2.05) is 4.90 Å². The van der Waals surface area contributed by atoms with Gasteiger partial charge in [0, 0.05) is 12.0 Å². The molecule has 5 aliphatic rings. The van der Waals surface area contributed by atoms with Gasteiger partial charge in [0.15, 0.2) is 5.72 Å². The highest BCUT2D eigenvalue weighted by molar-refractivity contribution is 5.85. The molecule has 19 heavy (non-hydrogen) atoms. The van der Waals surface area contributed by atoms with E-state index in [2.05, 4.69) is 5.92 Å². The molecule has 7 atom stereocenters. The van der Waals surface area contributed by atoms with E-state index in [-0.39, 0.29) is 29.8 Å². The van der Waals surface area contributed by atoms with Crippen molar-refractivity contribution in [2.24, 2.45) is 23.7 Å². The van der Waals surface area contributed by atoms with Crippen molar-refractivity contribution in [3.63, 3.8) is 0 Å². The van der Waals surface area contributed by atoms with Crippen molar-refractivity contribution < 1.29 is 14.6 Å². The minimum Gasteiger partial charge on any atom is -0.390 e. The van der Waals surface area contributed by atoms with Gasteiger partial charge in [-0.1, -0.05) is 0 Å². The van der Waals surface area contributed by atoms with Crippen molar-refractivity contribution in [3.05, 3.63) is 0 Å². The number of amides is 1. The molecule has 0 spiro atoms. The molecule has 7 unspecified atom stereocenters. The molecule has 5 rings (SSSR count). The Morgan fingerprint density at radius 1 is 1.47 bits per heavy atom. The Bertz CT molecular complexity index is 522. The van der Waals surface area contributed by atoms with Gasteiger partial charge in [-0.25, -0.2) is 0 Å². The molecule has 100 valence electrons. The summed E-state index contributed by atoms with van der Waals surface area (Å²) in [5.74, 6) is 3.57. The number of carbonyl (C=O) groups is 1. The van der Waals surface area contributed by atoms with Crippen molar-refractivity contribution in [1.29, 1.82) is 0 Å². The number of carbonyl (C=O) groups excluding carboxylic acids is 1. The van der Waals surface area contributed by atoms with Crippen molar-refractivity contribution in [2.75, 3.05) is 0 Å². The zero-order valence-electron chi connectivity index (χ0n) is 10.7. The first kappa shape index (κ1) is 10.7. The van der Waals surface area contributed by atoms with Gasteiger partial charge in [-0.05, 0) is 31.1 Å². The molecule has 3 saturated carbocycles. The molecule has 4 heteroatoms. The molecule has 0 aromatic heterocycles. The maximum Gasteiger partial charge on any atom is 0.229 e. The van der Waals surface area contributed by atoms with E-state index in [0.717, 1.165) is 19.3 Å². The second-order valence-corrected chi connectivity index (χ2v) is 6.85. The minimum absolute atomic E-state index is 0.0345. The maximum atomic E-state index is 12.8. The van der Waals surface area contributed by atoms with Gasteiger partial charge < -0.3 is 14.7 Å². The molecule has 4 nitrogen and oxygen atoms in total. The molecule has 3 aliphatic carbocycles. The van der Waals surface area contributed by atoms with Crippen molar-refractivity contribution >= 4 is 5.91 Å². The van der Waals surface area contributed by atoms with Gasteiger partial charge in [-0.3, -0.25) is 4.79 Å². The third-order valence-electron chi connectivity index (χ3n) is 6.11. The van der Waals surface area contributed by atoms with Crippen LogP contribution in [0, 0.1) is 36.0 Å². The first-order valence-corrected chi connectivity index (χ1v) is 7.31. The minimum atomic E-state index is -0.584. The lowest BCUT2D eigenvalue weighted by atomic mass is 9.76. The lowest BCUT2D eigenvalue weighted by Crippen LogP contribution is -2.51. The first-order chi connectivity index (χ1) is 9.19. The number of hydrogen-bond acceptors (Lipinski definition) is 3. The number of hydrogen-bond donors (Lipinski definition) is 1. The topological polar surface area (TPSA) is 49.8 Å². The molecular weight excluding hydrogens is 242 g/mol. The molecule has 2 heterocycles. The highest BCUT2D eigenvalue weighted by Gasteiger charge is 2.79. The van der Waals surface area contributed by atoms with E-state index >= 15 is 0 Å². The van der Waals surface area contributed by atoms with Crippen molar-refractivity contribution in [2.45, 2.75) is 49.7 Å². The highest BCUT2D eigenvalue weighted by atomic mass is 16.6. The lowest BCUT2D eigenvalue weighted by Gasteiger charge is -2.38. The molecule has 1 amide bonds. The van der Waals surface area contributed by atoms with Crippen LogP contribution in [-0.2, 0) is 9.53 Å². The molecule has 1 N–H and O–H groups in total. The van der Waals surface area contributed by atoms with Gasteiger partial charge in [0.25, 0.3) is 0 Å². The molecule has 2 aliphatic heterocycles. The number of ether oxygens (including phenoxy) is 1. The van der Waals surface area contributed by atoms with Crippen LogP contribution in [0.1, 0.15) is 25.7 Å². The summed E-state index contributed by atoms with van der Waals surface area (Å²) < 4.78 is 6.27. The predicted molar refractivity (Wildman–Crippen MR) is 65.5 cm³/mol. The fourth-order valence-electron chi connectivity index (χ4n) is 5.53. The maximum absolute atomic E-state index is 12.8. The van der Waals surface area contributed by atoms with E-state index in [1.54, 1.807) is 0 Å². The zero-order valence-corrected chi connectivity index (χ0v) is 10.7. The average molecular weight is 259 g/mol. The summed E-state index contributed by atoms with van der Waals surface area (Å²) in [6.07, 6.45) is 8.57. The number of nitrogens with zero attached hydrogens (tertiary/aromatic N) is 1. The monoisotopic (exact) mass is 259 g/mol. The third kappa shape index (κ3) is 0.956. The molecule has 5 fully saturated rings. The number of fused-ring (bicyclic) bond motifs is 2. The smallest absolute Gasteiger partial charge is 0.229 e. The zero-order chi connectivity index (χ0) is 12.9. The van der Waals surface area contributed by atoms with Gasteiger partial charge >= 0.3 is 0 Å². The summed E-state index contributed by atoms with van der Waals surface area (Å²) in [5.41, 5.74) is -0.584. The average Bonchev–Trinajstić information content (AvgIpc) is 2.88. The van der Waals surface area contributed by atoms with Crippen LogP contribution >= 0.6 is 0 Å². The van der Waals surface area contributed by atoms with Crippen LogP contribution < -0.4 is 0 Å². The molecule has 0 radical (unpaired) electrons. The van der Waals surface area contributed by atoms with Crippen LogP contribution in [0.4, 0.5) is 0 Å². The fraction of sp³-hybridized carbons (Fsp3) is 0.800. The number of likely N-dealkylation sites (tertiary alicyclic amines) is 1. The van der Waals surface area contributed by atoms with Crippen LogP contribution in [0.2, 0.25) is 0 Å². The van der Waals surface area contributed by atoms with Gasteiger partial charge in [-0.15, -0.1) is 12.3 Å². The highest BCUT2D eigenvalue weighted by Crippen LogP contribution is 2.69. The quantitative estimate of drug-likeness (QED) is 0.728. The second-order valence-electron chi connectivity index (χ2n) is 6.85. The van der Waals surface area contributed by atoms with Gasteiger partial charge in [0.1, 0.15) is 0 Å². The van der Waals surface area contributed by atoms with Crippen LogP contribution in [0.3, 0.4) is 0 Å². The van der Waals surface area contributed by atoms with Crippen LogP contribution in [0.5, 0.6) is 0 Å². The van der Waals surface area contributed by atoms with Crippen molar-refractivity contribution in [1.82, 2.24) is 4.90 Å². The Hall–Kier alpha value is -1.05. The van der Waals surface area contributed by atoms with Crippen LogP contribution in [0.25, 0.3) is 0 Å². The normalized spacial score (nSPS) is 57.1. The van der Waals surface area contributed by atoms with E-state index in [1.165, 1.54) is 0 Å². The summed E-state index contributed by atoms with van der Waals surface area (Å²) in [7, 11) is 0. The van der Waals surface area contributed by atoms with E-state index in [4.69, 9.17) is 11.2 Å². The van der Waals surface area contributed by atoms with Gasteiger partial charge in [0.05, 0.1) is 24.5 Å². The van der Waals surface area contributed by atoms with E-state index < -0.39 is 11.8 Å². The Morgan fingerprint density at radius 3 is 2.95 bits per heavy atom. The Kier molecular flexibility index (Phi) is 1.69. The van der Waals surface area contributed by atoms with Gasteiger partial charge in [0.2, 0.25) is 5.91 Å². The van der Waals surface area contributed by atoms with E-state index in [9.17, 15) is 9.90 Å². The molecule has 0 aromatic rings. The van der Waals surface area contributed by atoms with E-state index in [0.29, 0.717) is 18.4 Å². The third-order valence-corrected chi connectivity index (χ3v) is 6.11. The SMILES string of the molecule is C#CCC12OC3C(O)C4CC3C1C4C(=O)N2C1CC1. The molecule has 2 bridgehead atoms. The summed E-state index contributed by atoms with van der Waals surface area (Å²) in [6, 6.07) is 0.335. The number of aliphatic hydroxyl groups is 1. The Balaban J connectivity index is 1.68. The van der Waals surface area contributed by atoms with Crippen molar-refractivity contribution in [3.8, 4) is 12.3 Å². The fourth-order valence-corrected chi connectivity index (χ4v) is 5.53. The predicted octanol–water partition coefficient (Wildman–Crippen LogP) is 0.352. The summed E-state index contributed by atoms with van der Waals surface area (Å²) in [5, 5.41) is 10.3. The standard InChI is InChI=1S/C15H17NO3/c1-2-5-15-11-9-6-8(12(17)13(9)19-15)10(11)14(18)16(15)7-3-4-7/h1,7-13,17H,3-6H2. The Morgan fingerprint density at radius 2 is 2.26 bits per heavy atom. The second kappa shape index (κ2) is 2.99. The Labute approximate surface area is 112 Å². The first-order valence-electron chi connectivity index (χ1n) is 7.31.